The highest BCUT2D eigenvalue weighted by Gasteiger charge is 2.25. The fourth-order valence-electron chi connectivity index (χ4n) is 3.98. The number of nitrogens with zero attached hydrogens (tertiary/aromatic N) is 1. The zero-order valence-corrected chi connectivity index (χ0v) is 18.7. The van der Waals surface area contributed by atoms with Gasteiger partial charge >= 0.3 is 5.97 Å². The molecule has 8 heteroatoms. The van der Waals surface area contributed by atoms with E-state index >= 15 is 0 Å². The zero-order chi connectivity index (χ0) is 22.1. The number of thioether (sulfide) groups is 1. The summed E-state index contributed by atoms with van der Waals surface area (Å²) >= 11 is 1.44. The van der Waals surface area contributed by atoms with E-state index in [1.54, 1.807) is 18.2 Å². The lowest BCUT2D eigenvalue weighted by Crippen LogP contribution is -2.26. The Morgan fingerprint density at radius 1 is 1.29 bits per heavy atom. The van der Waals surface area contributed by atoms with Gasteiger partial charge in [-0.25, -0.2) is 4.79 Å². The predicted molar refractivity (Wildman–Crippen MR) is 118 cm³/mol. The van der Waals surface area contributed by atoms with Crippen molar-refractivity contribution in [3.63, 3.8) is 0 Å². The van der Waals surface area contributed by atoms with Crippen molar-refractivity contribution in [3.8, 4) is 0 Å². The van der Waals surface area contributed by atoms with Gasteiger partial charge in [0.1, 0.15) is 0 Å². The molecule has 164 valence electrons. The van der Waals surface area contributed by atoms with Crippen molar-refractivity contribution >= 4 is 35.1 Å². The molecule has 0 saturated carbocycles. The Morgan fingerprint density at radius 2 is 2.10 bits per heavy atom. The van der Waals surface area contributed by atoms with Crippen LogP contribution >= 0.6 is 11.8 Å². The number of carbonyl (C=O) groups is 3. The maximum absolute atomic E-state index is 12.7. The van der Waals surface area contributed by atoms with Crippen LogP contribution in [0.5, 0.6) is 0 Å². The van der Waals surface area contributed by atoms with E-state index < -0.39 is 5.97 Å². The number of amides is 1. The van der Waals surface area contributed by atoms with E-state index in [2.05, 4.69) is 9.88 Å². The fourth-order valence-corrected chi connectivity index (χ4v) is 4.91. The molecule has 7 nitrogen and oxygen atoms in total. The minimum Gasteiger partial charge on any atom is -0.454 e. The third-order valence-electron chi connectivity index (χ3n) is 5.76. The van der Waals surface area contributed by atoms with Crippen LogP contribution in [-0.2, 0) is 20.8 Å². The summed E-state index contributed by atoms with van der Waals surface area (Å²) in [6.07, 6.45) is 2.27. The van der Waals surface area contributed by atoms with Crippen molar-refractivity contribution in [1.82, 2.24) is 4.57 Å². The molecule has 0 aliphatic carbocycles. The standard InChI is InChI=1S/C23H26N2O5S/c1-13-9-18(14(2)25(13)11-17-5-4-8-29-17)20(26)12-30-23(28)16-6-7-21-19(10-16)24-22(27)15(3)31-21/h6-7,9-10,15,17H,4-5,8,11-12H2,1-3H3,(H,24,27). The van der Waals surface area contributed by atoms with Gasteiger partial charge in [-0.1, -0.05) is 0 Å². The van der Waals surface area contributed by atoms with E-state index in [1.807, 2.05) is 26.8 Å². The number of ketones is 1. The summed E-state index contributed by atoms with van der Waals surface area (Å²) in [6, 6.07) is 6.86. The molecule has 2 aliphatic rings. The number of aryl methyl sites for hydroxylation is 1. The summed E-state index contributed by atoms with van der Waals surface area (Å²) in [5, 5.41) is 2.62. The van der Waals surface area contributed by atoms with Crippen LogP contribution in [0.3, 0.4) is 0 Å². The first-order valence-electron chi connectivity index (χ1n) is 10.4. The number of aromatic nitrogens is 1. The number of benzene rings is 1. The highest BCUT2D eigenvalue weighted by molar-refractivity contribution is 8.00. The van der Waals surface area contributed by atoms with Gasteiger partial charge in [-0.05, 0) is 57.9 Å². The Labute approximate surface area is 185 Å². The molecular weight excluding hydrogens is 416 g/mol. The summed E-state index contributed by atoms with van der Waals surface area (Å²) in [5.74, 6) is -0.936. The van der Waals surface area contributed by atoms with Crippen LogP contribution in [0, 0.1) is 13.8 Å². The van der Waals surface area contributed by atoms with Gasteiger partial charge in [-0.2, -0.15) is 0 Å². The monoisotopic (exact) mass is 442 g/mol. The summed E-state index contributed by atoms with van der Waals surface area (Å²) in [5.41, 5.74) is 3.29. The summed E-state index contributed by atoms with van der Waals surface area (Å²) in [7, 11) is 0. The smallest absolute Gasteiger partial charge is 0.338 e. The van der Waals surface area contributed by atoms with Gasteiger partial charge in [0.05, 0.1) is 22.6 Å². The number of anilines is 1. The first kappa shape index (κ1) is 21.6. The Bertz CT molecular complexity index is 1040. The molecule has 0 bridgehead atoms. The second-order valence-electron chi connectivity index (χ2n) is 7.99. The molecule has 1 fully saturated rings. The molecule has 2 unspecified atom stereocenters. The average Bonchev–Trinajstić information content (AvgIpc) is 3.36. The number of hydrogen-bond donors (Lipinski definition) is 1. The number of rotatable bonds is 6. The Morgan fingerprint density at radius 3 is 2.84 bits per heavy atom. The Balaban J connectivity index is 1.40. The number of Topliss-reactive ketones (excluding diaryl/α,β-unsaturated/α-hetero) is 1. The molecule has 1 N–H and O–H groups in total. The maximum atomic E-state index is 12.7. The highest BCUT2D eigenvalue weighted by Crippen LogP contribution is 2.36. The van der Waals surface area contributed by atoms with Gasteiger partial charge in [0, 0.05) is 35.0 Å². The van der Waals surface area contributed by atoms with E-state index in [9.17, 15) is 14.4 Å². The van der Waals surface area contributed by atoms with E-state index in [4.69, 9.17) is 9.47 Å². The van der Waals surface area contributed by atoms with Crippen LogP contribution in [0.2, 0.25) is 0 Å². The molecule has 1 saturated heterocycles. The number of nitrogens with one attached hydrogen (secondary N) is 1. The largest absolute Gasteiger partial charge is 0.454 e. The molecule has 2 atom stereocenters. The number of hydrogen-bond acceptors (Lipinski definition) is 6. The van der Waals surface area contributed by atoms with Crippen LogP contribution in [0.25, 0.3) is 0 Å². The zero-order valence-electron chi connectivity index (χ0n) is 17.9. The van der Waals surface area contributed by atoms with Gasteiger partial charge < -0.3 is 19.4 Å². The van der Waals surface area contributed by atoms with Crippen LogP contribution in [0.1, 0.15) is 51.9 Å². The van der Waals surface area contributed by atoms with Crippen molar-refractivity contribution in [2.24, 2.45) is 0 Å². The highest BCUT2D eigenvalue weighted by atomic mass is 32.2. The first-order chi connectivity index (χ1) is 14.8. The lowest BCUT2D eigenvalue weighted by atomic mass is 10.1. The van der Waals surface area contributed by atoms with Gasteiger partial charge in [0.25, 0.3) is 0 Å². The van der Waals surface area contributed by atoms with E-state index in [-0.39, 0.29) is 29.7 Å². The van der Waals surface area contributed by atoms with E-state index in [1.165, 1.54) is 11.8 Å². The maximum Gasteiger partial charge on any atom is 0.338 e. The second-order valence-corrected chi connectivity index (χ2v) is 9.37. The van der Waals surface area contributed by atoms with Gasteiger partial charge in [-0.3, -0.25) is 9.59 Å². The van der Waals surface area contributed by atoms with Crippen molar-refractivity contribution in [1.29, 1.82) is 0 Å². The number of fused-ring (bicyclic) bond motifs is 1. The first-order valence-corrected chi connectivity index (χ1v) is 11.3. The van der Waals surface area contributed by atoms with Crippen molar-refractivity contribution in [3.05, 3.63) is 46.8 Å². The van der Waals surface area contributed by atoms with E-state index in [0.29, 0.717) is 16.8 Å². The molecule has 1 amide bonds. The summed E-state index contributed by atoms with van der Waals surface area (Å²) < 4.78 is 13.1. The van der Waals surface area contributed by atoms with Gasteiger partial charge in [-0.15, -0.1) is 11.8 Å². The van der Waals surface area contributed by atoms with Crippen molar-refractivity contribution in [2.75, 3.05) is 18.5 Å². The van der Waals surface area contributed by atoms with Crippen LogP contribution < -0.4 is 5.32 Å². The van der Waals surface area contributed by atoms with Gasteiger partial charge in [0.15, 0.2) is 6.61 Å². The quantitative estimate of drug-likeness (QED) is 0.542. The van der Waals surface area contributed by atoms with E-state index in [0.717, 1.165) is 42.3 Å². The second kappa shape index (κ2) is 8.88. The van der Waals surface area contributed by atoms with Crippen molar-refractivity contribution in [2.45, 2.75) is 56.4 Å². The minimum absolute atomic E-state index is 0.100. The normalized spacial score (nSPS) is 20.3. The fraction of sp³-hybridized carbons (Fsp3) is 0.435. The molecule has 3 heterocycles. The molecule has 4 rings (SSSR count). The molecular formula is C23H26N2O5S. The third kappa shape index (κ3) is 4.55. The van der Waals surface area contributed by atoms with Crippen molar-refractivity contribution < 1.29 is 23.9 Å². The number of ether oxygens (including phenoxy) is 2. The number of esters is 1. The molecule has 2 aromatic rings. The summed E-state index contributed by atoms with van der Waals surface area (Å²) in [4.78, 5) is 38.0. The molecule has 2 aliphatic heterocycles. The van der Waals surface area contributed by atoms with Gasteiger partial charge in [0.2, 0.25) is 11.7 Å². The topological polar surface area (TPSA) is 86.6 Å². The Kier molecular flexibility index (Phi) is 6.20. The molecule has 31 heavy (non-hydrogen) atoms. The van der Waals surface area contributed by atoms with Crippen LogP contribution in [0.15, 0.2) is 29.2 Å². The van der Waals surface area contributed by atoms with Crippen LogP contribution in [0.4, 0.5) is 5.69 Å². The number of carbonyl (C=O) groups excluding carboxylic acids is 3. The SMILES string of the molecule is Cc1cc(C(=O)COC(=O)c2ccc3c(c2)NC(=O)C(C)S3)c(C)n1CC1CCCO1. The lowest BCUT2D eigenvalue weighted by Gasteiger charge is -2.21. The predicted octanol–water partition coefficient (Wildman–Crippen LogP) is 3.76. The minimum atomic E-state index is -0.595. The van der Waals surface area contributed by atoms with Crippen LogP contribution in [-0.4, -0.2) is 46.8 Å². The summed E-state index contributed by atoms with van der Waals surface area (Å²) in [6.45, 7) is 6.87. The molecule has 0 spiro atoms. The third-order valence-corrected chi connectivity index (χ3v) is 6.94. The molecule has 1 aromatic carbocycles. The average molecular weight is 443 g/mol. The molecule has 0 radical (unpaired) electrons. The molecule has 1 aromatic heterocycles. The lowest BCUT2D eigenvalue weighted by molar-refractivity contribution is -0.115. The Hall–Kier alpha value is -2.58.